The second-order valence-electron chi connectivity index (χ2n) is 4.17. The molecular weight excluding hydrogens is 274 g/mol. The number of nitrogens with one attached hydrogen (secondary N) is 1. The van der Waals surface area contributed by atoms with Crippen LogP contribution in [0.5, 0.6) is 0 Å². The number of alkyl halides is 2. The number of aromatic amines is 1. The molecule has 0 amide bonds. The van der Waals surface area contributed by atoms with Gasteiger partial charge in [0, 0.05) is 17.3 Å². The fourth-order valence-corrected chi connectivity index (χ4v) is 2.28. The highest BCUT2D eigenvalue weighted by molar-refractivity contribution is 6.35. The minimum absolute atomic E-state index is 0.295. The van der Waals surface area contributed by atoms with Gasteiger partial charge in [-0.1, -0.05) is 11.6 Å². The monoisotopic (exact) mass is 282 g/mol. The molecule has 0 atom stereocenters. The Morgan fingerprint density at radius 2 is 2.16 bits per heavy atom. The quantitative estimate of drug-likeness (QED) is 0.780. The van der Waals surface area contributed by atoms with Crippen LogP contribution in [-0.2, 0) is 0 Å². The summed E-state index contributed by atoms with van der Waals surface area (Å²) in [5.74, 6) is -0.295. The molecule has 1 N–H and O–H groups in total. The van der Waals surface area contributed by atoms with Crippen LogP contribution in [0.2, 0.25) is 5.02 Å². The Morgan fingerprint density at radius 3 is 2.89 bits per heavy atom. The van der Waals surface area contributed by atoms with E-state index in [9.17, 15) is 8.78 Å². The number of imidazole rings is 1. The van der Waals surface area contributed by atoms with E-state index in [1.807, 2.05) is 0 Å². The van der Waals surface area contributed by atoms with Crippen molar-refractivity contribution in [2.75, 3.05) is 0 Å². The lowest BCUT2D eigenvalue weighted by Crippen LogP contribution is -2.00. The summed E-state index contributed by atoms with van der Waals surface area (Å²) in [5, 5.41) is 7.82. The van der Waals surface area contributed by atoms with Gasteiger partial charge in [-0.3, -0.25) is 9.67 Å². The first-order valence-electron chi connectivity index (χ1n) is 5.53. The van der Waals surface area contributed by atoms with Gasteiger partial charge in [0.05, 0.1) is 22.4 Å². The summed E-state index contributed by atoms with van der Waals surface area (Å²) in [6.45, 7) is 1.67. The molecule has 0 saturated carbocycles. The van der Waals surface area contributed by atoms with E-state index in [1.165, 1.54) is 4.57 Å². The summed E-state index contributed by atoms with van der Waals surface area (Å²) in [7, 11) is 0. The molecule has 4 nitrogen and oxygen atoms in total. The number of H-pyrrole nitrogens is 1. The third-order valence-corrected chi connectivity index (χ3v) is 3.11. The van der Waals surface area contributed by atoms with Gasteiger partial charge in [0.15, 0.2) is 5.82 Å². The predicted molar refractivity (Wildman–Crippen MR) is 67.9 cm³/mol. The second kappa shape index (κ2) is 4.31. The Labute approximate surface area is 112 Å². The standard InChI is InChI=1S/C12H9ClF2N4/c1-6-5-19(12(17-6)11(14)15)8-2-7-4-16-18-10(7)9(13)3-8/h2-5,11H,1H3,(H,16,18). The summed E-state index contributed by atoms with van der Waals surface area (Å²) in [5.41, 5.74) is 1.74. The van der Waals surface area contributed by atoms with E-state index in [1.54, 1.807) is 31.5 Å². The Bertz CT molecular complexity index is 747. The molecule has 98 valence electrons. The average Bonchev–Trinajstić information content (AvgIpc) is 2.94. The van der Waals surface area contributed by atoms with Crippen LogP contribution in [0, 0.1) is 6.92 Å². The molecule has 1 aromatic carbocycles. The first-order chi connectivity index (χ1) is 9.06. The fourth-order valence-electron chi connectivity index (χ4n) is 2.02. The third kappa shape index (κ3) is 1.98. The first kappa shape index (κ1) is 12.1. The summed E-state index contributed by atoms with van der Waals surface area (Å²) >= 11 is 6.10. The SMILES string of the molecule is Cc1cn(-c2cc(Cl)c3[nH]ncc3c2)c(C(F)F)n1. The van der Waals surface area contributed by atoms with Gasteiger partial charge in [0.25, 0.3) is 6.43 Å². The summed E-state index contributed by atoms with van der Waals surface area (Å²) in [4.78, 5) is 3.83. The van der Waals surface area contributed by atoms with Crippen LogP contribution >= 0.6 is 11.6 Å². The molecule has 2 heterocycles. The van der Waals surface area contributed by atoms with E-state index in [0.29, 0.717) is 21.9 Å². The lowest BCUT2D eigenvalue weighted by atomic mass is 10.2. The normalized spacial score (nSPS) is 11.6. The molecule has 0 aliphatic carbocycles. The number of nitrogens with zero attached hydrogens (tertiary/aromatic N) is 3. The lowest BCUT2D eigenvalue weighted by Gasteiger charge is -2.08. The van der Waals surface area contributed by atoms with E-state index in [4.69, 9.17) is 11.6 Å². The summed E-state index contributed by atoms with van der Waals surface area (Å²) < 4.78 is 27.2. The Kier molecular flexibility index (Phi) is 2.74. The van der Waals surface area contributed by atoms with Gasteiger partial charge in [-0.25, -0.2) is 13.8 Å². The molecular formula is C12H9ClF2N4. The Balaban J connectivity index is 2.24. The minimum atomic E-state index is -2.65. The highest BCUT2D eigenvalue weighted by atomic mass is 35.5. The van der Waals surface area contributed by atoms with Gasteiger partial charge in [0.2, 0.25) is 0 Å². The molecule has 0 saturated heterocycles. The highest BCUT2D eigenvalue weighted by Gasteiger charge is 2.18. The number of aryl methyl sites for hydroxylation is 1. The molecule has 0 bridgehead atoms. The van der Waals surface area contributed by atoms with Crippen molar-refractivity contribution in [3.05, 3.63) is 41.1 Å². The third-order valence-electron chi connectivity index (χ3n) is 2.81. The number of hydrogen-bond acceptors (Lipinski definition) is 2. The smallest absolute Gasteiger partial charge is 0.295 e. The van der Waals surface area contributed by atoms with Gasteiger partial charge in [-0.15, -0.1) is 0 Å². The molecule has 19 heavy (non-hydrogen) atoms. The zero-order chi connectivity index (χ0) is 13.6. The molecule has 2 aromatic heterocycles. The number of rotatable bonds is 2. The number of halogens is 3. The van der Waals surface area contributed by atoms with Gasteiger partial charge >= 0.3 is 0 Å². The molecule has 0 spiro atoms. The average molecular weight is 283 g/mol. The van der Waals surface area contributed by atoms with E-state index in [0.717, 1.165) is 5.39 Å². The van der Waals surface area contributed by atoms with Crippen molar-refractivity contribution >= 4 is 22.5 Å². The molecule has 3 rings (SSSR count). The van der Waals surface area contributed by atoms with Gasteiger partial charge < -0.3 is 0 Å². The van der Waals surface area contributed by atoms with Crippen molar-refractivity contribution < 1.29 is 8.78 Å². The van der Waals surface area contributed by atoms with Crippen molar-refractivity contribution in [2.24, 2.45) is 0 Å². The van der Waals surface area contributed by atoms with Crippen molar-refractivity contribution in [3.63, 3.8) is 0 Å². The van der Waals surface area contributed by atoms with E-state index >= 15 is 0 Å². The molecule has 7 heteroatoms. The predicted octanol–water partition coefficient (Wildman–Crippen LogP) is 3.65. The lowest BCUT2D eigenvalue weighted by molar-refractivity contribution is 0.138. The van der Waals surface area contributed by atoms with E-state index < -0.39 is 6.43 Å². The number of hydrogen-bond donors (Lipinski definition) is 1. The Hall–Kier alpha value is -1.95. The first-order valence-corrected chi connectivity index (χ1v) is 5.91. The highest BCUT2D eigenvalue weighted by Crippen LogP contribution is 2.28. The van der Waals surface area contributed by atoms with Crippen LogP contribution in [0.25, 0.3) is 16.6 Å². The number of aromatic nitrogens is 4. The topological polar surface area (TPSA) is 46.5 Å². The van der Waals surface area contributed by atoms with Crippen LogP contribution in [0.4, 0.5) is 8.78 Å². The fraction of sp³-hybridized carbons (Fsp3) is 0.167. The Morgan fingerprint density at radius 1 is 1.37 bits per heavy atom. The van der Waals surface area contributed by atoms with Crippen molar-refractivity contribution in [2.45, 2.75) is 13.3 Å². The second-order valence-corrected chi connectivity index (χ2v) is 4.58. The number of fused-ring (bicyclic) bond motifs is 1. The van der Waals surface area contributed by atoms with Crippen LogP contribution in [-0.4, -0.2) is 19.7 Å². The summed E-state index contributed by atoms with van der Waals surface area (Å²) in [6, 6.07) is 3.34. The van der Waals surface area contributed by atoms with Gasteiger partial charge in [-0.05, 0) is 19.1 Å². The zero-order valence-corrected chi connectivity index (χ0v) is 10.6. The van der Waals surface area contributed by atoms with Crippen LogP contribution < -0.4 is 0 Å². The molecule has 3 aromatic rings. The van der Waals surface area contributed by atoms with E-state index in [2.05, 4.69) is 15.2 Å². The minimum Gasteiger partial charge on any atom is -0.299 e. The molecule has 0 aliphatic rings. The molecule has 0 unspecified atom stereocenters. The number of benzene rings is 1. The zero-order valence-electron chi connectivity index (χ0n) is 9.86. The summed E-state index contributed by atoms with van der Waals surface area (Å²) in [6.07, 6.45) is 0.503. The van der Waals surface area contributed by atoms with Crippen LogP contribution in [0.3, 0.4) is 0 Å². The van der Waals surface area contributed by atoms with Crippen molar-refractivity contribution in [3.8, 4) is 5.69 Å². The largest absolute Gasteiger partial charge is 0.299 e. The molecule has 0 fully saturated rings. The van der Waals surface area contributed by atoms with Crippen molar-refractivity contribution in [1.29, 1.82) is 0 Å². The van der Waals surface area contributed by atoms with Crippen LogP contribution in [0.15, 0.2) is 24.5 Å². The van der Waals surface area contributed by atoms with E-state index in [-0.39, 0.29) is 5.82 Å². The molecule has 0 radical (unpaired) electrons. The molecule has 0 aliphatic heterocycles. The van der Waals surface area contributed by atoms with Crippen LogP contribution in [0.1, 0.15) is 17.9 Å². The van der Waals surface area contributed by atoms with Gasteiger partial charge in [-0.2, -0.15) is 5.10 Å². The van der Waals surface area contributed by atoms with Gasteiger partial charge in [0.1, 0.15) is 0 Å². The van der Waals surface area contributed by atoms with Crippen molar-refractivity contribution in [1.82, 2.24) is 19.7 Å². The maximum Gasteiger partial charge on any atom is 0.295 e. The maximum atomic E-state index is 12.9. The maximum absolute atomic E-state index is 12.9.